The molecule has 1 saturated heterocycles. The molecule has 2 N–H and O–H groups in total. The van der Waals surface area contributed by atoms with Crippen LogP contribution in [0.25, 0.3) is 0 Å². The molecule has 0 spiro atoms. The van der Waals surface area contributed by atoms with Crippen LogP contribution in [0.4, 0.5) is 5.69 Å². The smallest absolute Gasteiger partial charge is 0.342 e. The Morgan fingerprint density at radius 2 is 2.25 bits per heavy atom. The molecule has 0 amide bonds. The Labute approximate surface area is 119 Å². The summed E-state index contributed by atoms with van der Waals surface area (Å²) in [5.41, 5.74) is 6.39. The summed E-state index contributed by atoms with van der Waals surface area (Å²) in [6, 6.07) is 4.89. The summed E-state index contributed by atoms with van der Waals surface area (Å²) in [4.78, 5) is 12.1. The number of carbonyl (C=O) groups excluding carboxylic acids is 1. The lowest BCUT2D eigenvalue weighted by atomic mass is 10.1. The first-order valence-electron chi connectivity index (χ1n) is 6.70. The molecule has 0 aromatic heterocycles. The van der Waals surface area contributed by atoms with Crippen molar-refractivity contribution in [2.24, 2.45) is 0 Å². The molecule has 1 aliphatic heterocycles. The molecule has 0 bridgehead atoms. The molecule has 0 radical (unpaired) electrons. The van der Waals surface area contributed by atoms with Crippen LogP contribution < -0.4 is 10.5 Å². The van der Waals surface area contributed by atoms with Crippen molar-refractivity contribution in [1.82, 2.24) is 0 Å². The predicted molar refractivity (Wildman–Crippen MR) is 75.9 cm³/mol. The number of rotatable bonds is 4. The van der Waals surface area contributed by atoms with Crippen molar-refractivity contribution in [3.8, 4) is 5.75 Å². The summed E-state index contributed by atoms with van der Waals surface area (Å²) >= 11 is 0. The minimum Gasteiger partial charge on any atom is -0.496 e. The molecule has 1 fully saturated rings. The van der Waals surface area contributed by atoms with Gasteiger partial charge in [-0.2, -0.15) is 0 Å². The average Bonchev–Trinajstić information content (AvgIpc) is 2.75. The van der Waals surface area contributed by atoms with Crippen LogP contribution >= 0.6 is 0 Å². The van der Waals surface area contributed by atoms with Gasteiger partial charge in [0.1, 0.15) is 17.9 Å². The van der Waals surface area contributed by atoms with Crippen LogP contribution in [0.1, 0.15) is 37.0 Å². The highest BCUT2D eigenvalue weighted by atomic mass is 16.6. The van der Waals surface area contributed by atoms with Gasteiger partial charge in [0.05, 0.1) is 18.8 Å². The summed E-state index contributed by atoms with van der Waals surface area (Å²) in [6.07, 6.45) is 1.83. The monoisotopic (exact) mass is 279 g/mol. The standard InChI is InChI=1S/C15H21NO4/c1-15(2)7-6-11(20-15)9-19-14(17)12-8-10(16)4-5-13(12)18-3/h4-5,8,11H,6-7,9,16H2,1-3H3. The first-order chi connectivity index (χ1) is 9.41. The molecule has 20 heavy (non-hydrogen) atoms. The summed E-state index contributed by atoms with van der Waals surface area (Å²) in [6.45, 7) is 4.33. The molecule has 0 aliphatic carbocycles. The lowest BCUT2D eigenvalue weighted by Gasteiger charge is -2.19. The number of benzene rings is 1. The molecule has 1 unspecified atom stereocenters. The van der Waals surface area contributed by atoms with Gasteiger partial charge in [-0.25, -0.2) is 4.79 Å². The van der Waals surface area contributed by atoms with Gasteiger partial charge in [0.15, 0.2) is 0 Å². The lowest BCUT2D eigenvalue weighted by molar-refractivity contribution is -0.0445. The van der Waals surface area contributed by atoms with Crippen molar-refractivity contribution in [3.63, 3.8) is 0 Å². The van der Waals surface area contributed by atoms with E-state index in [1.807, 2.05) is 13.8 Å². The van der Waals surface area contributed by atoms with E-state index in [2.05, 4.69) is 0 Å². The maximum absolute atomic E-state index is 12.1. The highest BCUT2D eigenvalue weighted by molar-refractivity contribution is 5.93. The molecular weight excluding hydrogens is 258 g/mol. The van der Waals surface area contributed by atoms with Crippen molar-refractivity contribution in [2.75, 3.05) is 19.5 Å². The molecule has 2 rings (SSSR count). The normalized spacial score (nSPS) is 20.6. The van der Waals surface area contributed by atoms with E-state index in [0.29, 0.717) is 17.0 Å². The summed E-state index contributed by atoms with van der Waals surface area (Å²) in [5.74, 6) is 0.0133. The van der Waals surface area contributed by atoms with Gasteiger partial charge in [0.2, 0.25) is 0 Å². The Balaban J connectivity index is 1.97. The van der Waals surface area contributed by atoms with Gasteiger partial charge in [-0.3, -0.25) is 0 Å². The Kier molecular flexibility index (Phi) is 4.18. The number of nitrogens with two attached hydrogens (primary N) is 1. The third-order valence-electron chi connectivity index (χ3n) is 3.40. The number of carbonyl (C=O) groups is 1. The van der Waals surface area contributed by atoms with Gasteiger partial charge >= 0.3 is 5.97 Å². The summed E-state index contributed by atoms with van der Waals surface area (Å²) in [7, 11) is 1.50. The van der Waals surface area contributed by atoms with Gasteiger partial charge in [-0.15, -0.1) is 0 Å². The fraction of sp³-hybridized carbons (Fsp3) is 0.533. The van der Waals surface area contributed by atoms with Gasteiger partial charge in [-0.05, 0) is 44.9 Å². The van der Waals surface area contributed by atoms with Crippen LogP contribution in [0, 0.1) is 0 Å². The zero-order valence-corrected chi connectivity index (χ0v) is 12.1. The highest BCUT2D eigenvalue weighted by Crippen LogP contribution is 2.30. The van der Waals surface area contributed by atoms with Gasteiger partial charge < -0.3 is 19.9 Å². The van der Waals surface area contributed by atoms with Gasteiger partial charge in [-0.1, -0.05) is 0 Å². The molecule has 5 heteroatoms. The molecule has 1 heterocycles. The maximum Gasteiger partial charge on any atom is 0.342 e. The van der Waals surface area contributed by atoms with E-state index in [1.165, 1.54) is 7.11 Å². The van der Waals surface area contributed by atoms with Crippen LogP contribution in [0.5, 0.6) is 5.75 Å². The van der Waals surface area contributed by atoms with E-state index < -0.39 is 5.97 Å². The predicted octanol–water partition coefficient (Wildman–Crippen LogP) is 2.39. The number of ether oxygens (including phenoxy) is 3. The number of nitrogen functional groups attached to an aromatic ring is 1. The minimum absolute atomic E-state index is 0.0407. The van der Waals surface area contributed by atoms with Crippen LogP contribution in [-0.2, 0) is 9.47 Å². The van der Waals surface area contributed by atoms with Crippen molar-refractivity contribution in [1.29, 1.82) is 0 Å². The molecule has 1 atom stereocenters. The van der Waals surface area contributed by atoms with E-state index in [0.717, 1.165) is 12.8 Å². The maximum atomic E-state index is 12.1. The molecule has 110 valence electrons. The van der Waals surface area contributed by atoms with Crippen molar-refractivity contribution in [2.45, 2.75) is 38.4 Å². The Morgan fingerprint density at radius 1 is 1.50 bits per heavy atom. The topological polar surface area (TPSA) is 70.8 Å². The van der Waals surface area contributed by atoms with E-state index in [9.17, 15) is 4.79 Å². The van der Waals surface area contributed by atoms with Crippen LogP contribution in [0.15, 0.2) is 18.2 Å². The number of anilines is 1. The molecule has 1 aromatic rings. The Hall–Kier alpha value is -1.75. The largest absolute Gasteiger partial charge is 0.496 e. The number of hydrogen-bond acceptors (Lipinski definition) is 5. The average molecular weight is 279 g/mol. The fourth-order valence-corrected chi connectivity index (χ4v) is 2.33. The SMILES string of the molecule is COc1ccc(N)cc1C(=O)OCC1CCC(C)(C)O1. The zero-order chi connectivity index (χ0) is 14.8. The van der Waals surface area contributed by atoms with Gasteiger partial charge in [0, 0.05) is 5.69 Å². The van der Waals surface area contributed by atoms with E-state index in [4.69, 9.17) is 19.9 Å². The van der Waals surface area contributed by atoms with Crippen molar-refractivity contribution < 1.29 is 19.0 Å². The molecule has 1 aromatic carbocycles. The molecule has 1 aliphatic rings. The third kappa shape index (κ3) is 3.42. The van der Waals surface area contributed by atoms with Crippen LogP contribution in [-0.4, -0.2) is 31.4 Å². The Morgan fingerprint density at radius 3 is 2.85 bits per heavy atom. The van der Waals surface area contributed by atoms with E-state index >= 15 is 0 Å². The van der Waals surface area contributed by atoms with Gasteiger partial charge in [0.25, 0.3) is 0 Å². The Bertz CT molecular complexity index is 499. The molecule has 5 nitrogen and oxygen atoms in total. The van der Waals surface area contributed by atoms with Crippen LogP contribution in [0.3, 0.4) is 0 Å². The number of methoxy groups -OCH3 is 1. The van der Waals surface area contributed by atoms with E-state index in [-0.39, 0.29) is 18.3 Å². The second-order valence-electron chi connectivity index (χ2n) is 5.60. The summed E-state index contributed by atoms with van der Waals surface area (Å²) in [5, 5.41) is 0. The fourth-order valence-electron chi connectivity index (χ4n) is 2.33. The molecule has 0 saturated carbocycles. The second kappa shape index (κ2) is 5.71. The quantitative estimate of drug-likeness (QED) is 0.677. The first kappa shape index (κ1) is 14.7. The van der Waals surface area contributed by atoms with Crippen molar-refractivity contribution >= 4 is 11.7 Å². The zero-order valence-electron chi connectivity index (χ0n) is 12.1. The summed E-state index contributed by atoms with van der Waals surface area (Å²) < 4.78 is 16.2. The highest BCUT2D eigenvalue weighted by Gasteiger charge is 2.32. The van der Waals surface area contributed by atoms with Crippen LogP contribution in [0.2, 0.25) is 0 Å². The van der Waals surface area contributed by atoms with Crippen molar-refractivity contribution in [3.05, 3.63) is 23.8 Å². The second-order valence-corrected chi connectivity index (χ2v) is 5.60. The lowest BCUT2D eigenvalue weighted by Crippen LogP contribution is -2.24. The minimum atomic E-state index is -0.442. The third-order valence-corrected chi connectivity index (χ3v) is 3.40. The number of esters is 1. The number of hydrogen-bond donors (Lipinski definition) is 1. The van der Waals surface area contributed by atoms with E-state index in [1.54, 1.807) is 18.2 Å². The molecular formula is C15H21NO4. The first-order valence-corrected chi connectivity index (χ1v) is 6.70.